The Morgan fingerprint density at radius 3 is 1.95 bits per heavy atom. The highest BCUT2D eigenvalue weighted by Gasteiger charge is 2.19. The molecule has 0 aromatic rings. The van der Waals surface area contributed by atoms with Crippen LogP contribution in [0, 0.1) is 17.8 Å². The van der Waals surface area contributed by atoms with Crippen molar-refractivity contribution >= 4 is 0 Å². The lowest BCUT2D eigenvalue weighted by molar-refractivity contribution is 0.172. The summed E-state index contributed by atoms with van der Waals surface area (Å²) in [6.07, 6.45) is 19.9. The van der Waals surface area contributed by atoms with Crippen LogP contribution in [0.3, 0.4) is 0 Å². The lowest BCUT2D eigenvalue weighted by Gasteiger charge is -2.26. The van der Waals surface area contributed by atoms with E-state index in [9.17, 15) is 5.11 Å². The van der Waals surface area contributed by atoms with Crippen LogP contribution in [0.1, 0.15) is 89.9 Å². The molecule has 1 unspecified atom stereocenters. The summed E-state index contributed by atoms with van der Waals surface area (Å²) in [5, 5.41) is 9.59. The van der Waals surface area contributed by atoms with Crippen molar-refractivity contribution in [3.8, 4) is 0 Å². The van der Waals surface area contributed by atoms with Crippen molar-refractivity contribution in [2.75, 3.05) is 6.61 Å². The van der Waals surface area contributed by atoms with Crippen LogP contribution in [0.25, 0.3) is 0 Å². The predicted molar refractivity (Wildman–Crippen MR) is 82.2 cm³/mol. The highest BCUT2D eigenvalue weighted by atomic mass is 16.3. The van der Waals surface area contributed by atoms with Gasteiger partial charge in [0, 0.05) is 6.61 Å². The van der Waals surface area contributed by atoms with Gasteiger partial charge >= 0.3 is 0 Å². The summed E-state index contributed by atoms with van der Waals surface area (Å²) in [6.45, 7) is 0.432. The Morgan fingerprint density at radius 2 is 1.37 bits per heavy atom. The normalized spacial score (nSPS) is 24.5. The molecule has 0 aromatic heterocycles. The highest BCUT2D eigenvalue weighted by molar-refractivity contribution is 4.72. The summed E-state index contributed by atoms with van der Waals surface area (Å²) in [5.41, 5.74) is 0. The Labute approximate surface area is 120 Å². The van der Waals surface area contributed by atoms with E-state index in [4.69, 9.17) is 0 Å². The summed E-state index contributed by atoms with van der Waals surface area (Å²) >= 11 is 0. The second-order valence-corrected chi connectivity index (χ2v) is 7.22. The van der Waals surface area contributed by atoms with Gasteiger partial charge in [0.25, 0.3) is 0 Å². The summed E-state index contributed by atoms with van der Waals surface area (Å²) in [6, 6.07) is 0. The van der Waals surface area contributed by atoms with Crippen LogP contribution in [0.15, 0.2) is 0 Å². The first-order chi connectivity index (χ1) is 9.38. The molecule has 0 radical (unpaired) electrons. The van der Waals surface area contributed by atoms with Crippen LogP contribution in [0.5, 0.6) is 0 Å². The SMILES string of the molecule is OCC(CCCC1CCCCC1)CC1CCCCC1. The van der Waals surface area contributed by atoms with Crippen LogP contribution in [-0.4, -0.2) is 11.7 Å². The van der Waals surface area contributed by atoms with Crippen LogP contribution in [0.4, 0.5) is 0 Å². The van der Waals surface area contributed by atoms with Gasteiger partial charge in [-0.05, 0) is 30.6 Å². The van der Waals surface area contributed by atoms with Gasteiger partial charge in [-0.1, -0.05) is 77.0 Å². The van der Waals surface area contributed by atoms with Crippen molar-refractivity contribution < 1.29 is 5.11 Å². The van der Waals surface area contributed by atoms with E-state index < -0.39 is 0 Å². The van der Waals surface area contributed by atoms with Gasteiger partial charge in [-0.2, -0.15) is 0 Å². The summed E-state index contributed by atoms with van der Waals surface area (Å²) in [7, 11) is 0. The van der Waals surface area contributed by atoms with Gasteiger partial charge in [-0.15, -0.1) is 0 Å². The lowest BCUT2D eigenvalue weighted by atomic mass is 9.80. The molecule has 2 saturated carbocycles. The van der Waals surface area contributed by atoms with Crippen LogP contribution in [0.2, 0.25) is 0 Å². The molecule has 0 saturated heterocycles. The van der Waals surface area contributed by atoms with E-state index in [-0.39, 0.29) is 0 Å². The molecule has 0 aromatic carbocycles. The largest absolute Gasteiger partial charge is 0.396 e. The fourth-order valence-corrected chi connectivity index (χ4v) is 4.35. The molecule has 0 amide bonds. The summed E-state index contributed by atoms with van der Waals surface area (Å²) in [5.74, 6) is 2.55. The molecule has 2 aliphatic carbocycles. The average molecular weight is 266 g/mol. The van der Waals surface area contributed by atoms with Crippen molar-refractivity contribution in [3.05, 3.63) is 0 Å². The van der Waals surface area contributed by atoms with E-state index >= 15 is 0 Å². The molecule has 0 heterocycles. The number of aliphatic hydroxyl groups excluding tert-OH is 1. The quantitative estimate of drug-likeness (QED) is 0.661. The van der Waals surface area contributed by atoms with Crippen LogP contribution >= 0.6 is 0 Å². The molecule has 2 fully saturated rings. The Hall–Kier alpha value is -0.0400. The molecular formula is C18H34O. The highest BCUT2D eigenvalue weighted by Crippen LogP contribution is 2.32. The average Bonchev–Trinajstić information content (AvgIpc) is 2.48. The molecule has 2 aliphatic rings. The Morgan fingerprint density at radius 1 is 0.789 bits per heavy atom. The van der Waals surface area contributed by atoms with Crippen molar-refractivity contribution in [1.82, 2.24) is 0 Å². The Balaban J connectivity index is 1.58. The number of hydrogen-bond acceptors (Lipinski definition) is 1. The molecule has 19 heavy (non-hydrogen) atoms. The summed E-state index contributed by atoms with van der Waals surface area (Å²) in [4.78, 5) is 0. The topological polar surface area (TPSA) is 20.2 Å². The van der Waals surface area contributed by atoms with Crippen molar-refractivity contribution in [2.45, 2.75) is 89.9 Å². The smallest absolute Gasteiger partial charge is 0.0459 e. The van der Waals surface area contributed by atoms with Gasteiger partial charge < -0.3 is 5.11 Å². The maximum Gasteiger partial charge on any atom is 0.0459 e. The summed E-state index contributed by atoms with van der Waals surface area (Å²) < 4.78 is 0. The molecule has 1 nitrogen and oxygen atoms in total. The second kappa shape index (κ2) is 9.00. The number of aliphatic hydroxyl groups is 1. The maximum absolute atomic E-state index is 9.59. The third kappa shape index (κ3) is 5.85. The molecule has 0 spiro atoms. The van der Waals surface area contributed by atoms with Gasteiger partial charge in [0.2, 0.25) is 0 Å². The fraction of sp³-hybridized carbons (Fsp3) is 1.00. The Bertz CT molecular complexity index is 214. The molecular weight excluding hydrogens is 232 g/mol. The van der Waals surface area contributed by atoms with Crippen molar-refractivity contribution in [1.29, 1.82) is 0 Å². The van der Waals surface area contributed by atoms with Gasteiger partial charge in [0.05, 0.1) is 0 Å². The van der Waals surface area contributed by atoms with Crippen LogP contribution in [-0.2, 0) is 0 Å². The first kappa shape index (κ1) is 15.4. The fourth-order valence-electron chi connectivity index (χ4n) is 4.35. The maximum atomic E-state index is 9.59. The van der Waals surface area contributed by atoms with Crippen molar-refractivity contribution in [2.24, 2.45) is 17.8 Å². The van der Waals surface area contributed by atoms with Gasteiger partial charge in [0.1, 0.15) is 0 Å². The molecule has 2 rings (SSSR count). The lowest BCUT2D eigenvalue weighted by Crippen LogP contribution is -2.16. The molecule has 0 bridgehead atoms. The standard InChI is InChI=1S/C18H34O/c19-15-18(14-17-10-5-2-6-11-17)13-7-12-16-8-3-1-4-9-16/h16-19H,1-15H2. The third-order valence-corrected chi connectivity index (χ3v) is 5.60. The first-order valence-electron chi connectivity index (χ1n) is 8.99. The van der Waals surface area contributed by atoms with E-state index in [2.05, 4.69) is 0 Å². The van der Waals surface area contributed by atoms with E-state index in [0.29, 0.717) is 12.5 Å². The first-order valence-corrected chi connectivity index (χ1v) is 8.99. The van der Waals surface area contributed by atoms with Gasteiger partial charge in [-0.3, -0.25) is 0 Å². The molecule has 1 heteroatoms. The minimum atomic E-state index is 0.432. The third-order valence-electron chi connectivity index (χ3n) is 5.60. The minimum absolute atomic E-state index is 0.432. The van der Waals surface area contributed by atoms with Gasteiger partial charge in [-0.25, -0.2) is 0 Å². The Kier molecular flexibility index (Phi) is 7.27. The molecule has 0 aliphatic heterocycles. The zero-order chi connectivity index (χ0) is 13.3. The van der Waals surface area contributed by atoms with E-state index in [0.717, 1.165) is 11.8 Å². The zero-order valence-corrected chi connectivity index (χ0v) is 12.8. The predicted octanol–water partition coefficient (Wildman–Crippen LogP) is 5.32. The van der Waals surface area contributed by atoms with Gasteiger partial charge in [0.15, 0.2) is 0 Å². The van der Waals surface area contributed by atoms with Crippen molar-refractivity contribution in [3.63, 3.8) is 0 Å². The van der Waals surface area contributed by atoms with Crippen LogP contribution < -0.4 is 0 Å². The monoisotopic (exact) mass is 266 g/mol. The molecule has 1 atom stereocenters. The molecule has 112 valence electrons. The van der Waals surface area contributed by atoms with E-state index in [1.165, 1.54) is 89.9 Å². The van der Waals surface area contributed by atoms with E-state index in [1.807, 2.05) is 0 Å². The minimum Gasteiger partial charge on any atom is -0.396 e. The zero-order valence-electron chi connectivity index (χ0n) is 12.8. The second-order valence-electron chi connectivity index (χ2n) is 7.22. The molecule has 1 N–H and O–H groups in total. The number of rotatable bonds is 7. The number of hydrogen-bond donors (Lipinski definition) is 1. The van der Waals surface area contributed by atoms with E-state index in [1.54, 1.807) is 0 Å².